The molecule has 0 spiro atoms. The predicted octanol–water partition coefficient (Wildman–Crippen LogP) is 4.57. The molecule has 1 fully saturated rings. The highest BCUT2D eigenvalue weighted by molar-refractivity contribution is 9.08. The Hall–Kier alpha value is -0.250. The van der Waals surface area contributed by atoms with Crippen molar-refractivity contribution in [2.75, 3.05) is 6.61 Å². The van der Waals surface area contributed by atoms with Crippen LogP contribution < -0.4 is 4.74 Å². The van der Waals surface area contributed by atoms with E-state index >= 15 is 0 Å². The fourth-order valence-electron chi connectivity index (χ4n) is 2.12. The summed E-state index contributed by atoms with van der Waals surface area (Å²) in [5, 5.41) is 1.46. The lowest BCUT2D eigenvalue weighted by Gasteiger charge is -2.19. The van der Waals surface area contributed by atoms with Crippen molar-refractivity contribution in [3.8, 4) is 5.75 Å². The van der Waals surface area contributed by atoms with E-state index in [2.05, 4.69) is 29.8 Å². The smallest absolute Gasteiger partial charge is 0.138 e. The van der Waals surface area contributed by atoms with Gasteiger partial charge in [-0.15, -0.1) is 0 Å². The molecule has 1 heterocycles. The number of benzene rings is 1. The van der Waals surface area contributed by atoms with Crippen LogP contribution in [0.2, 0.25) is 5.02 Å². The number of rotatable bonds is 4. The molecule has 2 nitrogen and oxygen atoms in total. The lowest BCUT2D eigenvalue weighted by molar-refractivity contribution is -0.0326. The largest absolute Gasteiger partial charge is 0.489 e. The van der Waals surface area contributed by atoms with E-state index in [0.717, 1.165) is 29.5 Å². The Morgan fingerprint density at radius 2 is 2.28 bits per heavy atom. The predicted molar refractivity (Wildman–Crippen MR) is 77.8 cm³/mol. The van der Waals surface area contributed by atoms with E-state index in [4.69, 9.17) is 21.1 Å². The van der Waals surface area contributed by atoms with Crippen LogP contribution in [0.1, 0.15) is 32.3 Å². The number of halogens is 2. The van der Waals surface area contributed by atoms with Crippen LogP contribution in [-0.2, 0) is 10.1 Å². The molecule has 0 aliphatic carbocycles. The van der Waals surface area contributed by atoms with Crippen molar-refractivity contribution in [2.45, 2.75) is 43.7 Å². The Kier molecular flexibility index (Phi) is 4.57. The van der Waals surface area contributed by atoms with Gasteiger partial charge in [-0.1, -0.05) is 33.6 Å². The van der Waals surface area contributed by atoms with Crippen LogP contribution in [0.3, 0.4) is 0 Å². The first-order valence-electron chi connectivity index (χ1n) is 6.15. The summed E-state index contributed by atoms with van der Waals surface area (Å²) in [5.41, 5.74) is 1.13. The van der Waals surface area contributed by atoms with E-state index in [1.54, 1.807) is 0 Å². The molecule has 0 saturated carbocycles. The second-order valence-electron chi connectivity index (χ2n) is 5.25. The highest BCUT2D eigenvalue weighted by Gasteiger charge is 2.31. The van der Waals surface area contributed by atoms with Crippen molar-refractivity contribution in [1.29, 1.82) is 0 Å². The lowest BCUT2D eigenvalue weighted by atomic mass is 10.1. The lowest BCUT2D eigenvalue weighted by Crippen LogP contribution is -2.23. The van der Waals surface area contributed by atoms with Crippen LogP contribution in [0.15, 0.2) is 18.2 Å². The molecule has 0 bridgehead atoms. The summed E-state index contributed by atoms with van der Waals surface area (Å²) in [6, 6.07) is 5.85. The monoisotopic (exact) mass is 332 g/mol. The van der Waals surface area contributed by atoms with E-state index in [9.17, 15) is 0 Å². The first-order valence-corrected chi connectivity index (χ1v) is 7.65. The van der Waals surface area contributed by atoms with Crippen LogP contribution >= 0.6 is 27.5 Å². The van der Waals surface area contributed by atoms with Gasteiger partial charge in [0.1, 0.15) is 12.4 Å². The van der Waals surface area contributed by atoms with Crippen molar-refractivity contribution in [3.05, 3.63) is 28.8 Å². The van der Waals surface area contributed by atoms with Gasteiger partial charge in [0, 0.05) is 5.33 Å². The van der Waals surface area contributed by atoms with Crippen molar-refractivity contribution < 1.29 is 9.47 Å². The molecule has 0 N–H and O–H groups in total. The molecule has 1 aliphatic rings. The van der Waals surface area contributed by atoms with E-state index in [1.165, 1.54) is 0 Å². The minimum Gasteiger partial charge on any atom is -0.489 e. The number of hydrogen-bond acceptors (Lipinski definition) is 2. The van der Waals surface area contributed by atoms with Crippen molar-refractivity contribution in [2.24, 2.45) is 0 Å². The van der Waals surface area contributed by atoms with Crippen LogP contribution in [0.4, 0.5) is 0 Å². The minimum atomic E-state index is -0.0162. The summed E-state index contributed by atoms with van der Waals surface area (Å²) in [6.07, 6.45) is 2.30. The fraction of sp³-hybridized carbons (Fsp3) is 0.571. The normalized spacial score (nSPS) is 22.1. The van der Waals surface area contributed by atoms with E-state index in [-0.39, 0.29) is 11.7 Å². The molecule has 1 saturated heterocycles. The standard InChI is InChI=1S/C14H18BrClO2/c1-14(2)6-5-11(18-14)9-17-13-4-3-10(8-15)7-12(13)16/h3-4,7,11H,5-6,8-9H2,1-2H3. The summed E-state index contributed by atoms with van der Waals surface area (Å²) >= 11 is 9.57. The molecule has 1 aromatic carbocycles. The first kappa shape index (κ1) is 14.2. The van der Waals surface area contributed by atoms with Crippen molar-refractivity contribution in [1.82, 2.24) is 0 Å². The number of alkyl halides is 1. The van der Waals surface area contributed by atoms with E-state index < -0.39 is 0 Å². The molecule has 4 heteroatoms. The fourth-order valence-corrected chi connectivity index (χ4v) is 2.73. The highest BCUT2D eigenvalue weighted by atomic mass is 79.9. The summed E-state index contributed by atoms with van der Waals surface area (Å²) in [5.74, 6) is 0.731. The second-order valence-corrected chi connectivity index (χ2v) is 6.22. The van der Waals surface area contributed by atoms with Gasteiger partial charge >= 0.3 is 0 Å². The summed E-state index contributed by atoms with van der Waals surface area (Å²) < 4.78 is 11.6. The van der Waals surface area contributed by atoms with Gasteiger partial charge in [0.05, 0.1) is 16.7 Å². The molecule has 0 radical (unpaired) electrons. The molecule has 2 rings (SSSR count). The Bertz CT molecular complexity index is 420. The maximum absolute atomic E-state index is 6.16. The number of ether oxygens (including phenoxy) is 2. The van der Waals surface area contributed by atoms with Gasteiger partial charge in [-0.05, 0) is 44.4 Å². The Morgan fingerprint density at radius 1 is 1.50 bits per heavy atom. The zero-order valence-electron chi connectivity index (χ0n) is 10.7. The third kappa shape index (κ3) is 3.62. The second kappa shape index (κ2) is 5.81. The minimum absolute atomic E-state index is 0.0162. The van der Waals surface area contributed by atoms with Crippen LogP contribution in [-0.4, -0.2) is 18.3 Å². The van der Waals surface area contributed by atoms with Crippen LogP contribution in [0.5, 0.6) is 5.75 Å². The molecular weight excluding hydrogens is 316 g/mol. The summed E-state index contributed by atoms with van der Waals surface area (Å²) in [4.78, 5) is 0. The van der Waals surface area contributed by atoms with Gasteiger partial charge in [-0.2, -0.15) is 0 Å². The zero-order valence-corrected chi connectivity index (χ0v) is 13.1. The zero-order chi connectivity index (χ0) is 13.2. The average molecular weight is 334 g/mol. The molecular formula is C14H18BrClO2. The molecule has 100 valence electrons. The third-order valence-electron chi connectivity index (χ3n) is 3.13. The van der Waals surface area contributed by atoms with Gasteiger partial charge in [0.25, 0.3) is 0 Å². The van der Waals surface area contributed by atoms with Gasteiger partial charge in [0.2, 0.25) is 0 Å². The van der Waals surface area contributed by atoms with Crippen LogP contribution in [0.25, 0.3) is 0 Å². The molecule has 1 atom stereocenters. The molecule has 18 heavy (non-hydrogen) atoms. The Balaban J connectivity index is 1.91. The topological polar surface area (TPSA) is 18.5 Å². The Labute approximate surface area is 122 Å². The molecule has 1 aromatic rings. The van der Waals surface area contributed by atoms with Gasteiger partial charge in [0.15, 0.2) is 0 Å². The quantitative estimate of drug-likeness (QED) is 0.751. The van der Waals surface area contributed by atoms with Crippen LogP contribution in [0, 0.1) is 0 Å². The SMILES string of the molecule is CC1(C)CCC(COc2ccc(CBr)cc2Cl)O1. The average Bonchev–Trinajstić information content (AvgIpc) is 2.67. The van der Waals surface area contributed by atoms with E-state index in [1.807, 2.05) is 18.2 Å². The van der Waals surface area contributed by atoms with Gasteiger partial charge in [-0.25, -0.2) is 0 Å². The van der Waals surface area contributed by atoms with Gasteiger partial charge in [-0.3, -0.25) is 0 Å². The maximum Gasteiger partial charge on any atom is 0.138 e. The van der Waals surface area contributed by atoms with Gasteiger partial charge < -0.3 is 9.47 Å². The molecule has 0 aromatic heterocycles. The van der Waals surface area contributed by atoms with Crippen molar-refractivity contribution >= 4 is 27.5 Å². The molecule has 1 unspecified atom stereocenters. The highest BCUT2D eigenvalue weighted by Crippen LogP contribution is 2.31. The summed E-state index contributed by atoms with van der Waals surface area (Å²) in [7, 11) is 0. The first-order chi connectivity index (χ1) is 8.50. The summed E-state index contributed by atoms with van der Waals surface area (Å²) in [6.45, 7) is 4.80. The Morgan fingerprint density at radius 3 is 2.83 bits per heavy atom. The third-order valence-corrected chi connectivity index (χ3v) is 4.07. The molecule has 1 aliphatic heterocycles. The number of hydrogen-bond donors (Lipinski definition) is 0. The van der Waals surface area contributed by atoms with Crippen molar-refractivity contribution in [3.63, 3.8) is 0 Å². The van der Waals surface area contributed by atoms with E-state index in [0.29, 0.717) is 11.6 Å². The maximum atomic E-state index is 6.16. The molecule has 0 amide bonds.